The molecule has 1 unspecified atom stereocenters. The molecule has 0 fully saturated rings. The zero-order valence-corrected chi connectivity index (χ0v) is 17.9. The van der Waals surface area contributed by atoms with Crippen molar-refractivity contribution in [2.75, 3.05) is 6.16 Å². The molecule has 0 saturated heterocycles. The predicted molar refractivity (Wildman–Crippen MR) is 116 cm³/mol. The van der Waals surface area contributed by atoms with Crippen molar-refractivity contribution >= 4 is 20.9 Å². The summed E-state index contributed by atoms with van der Waals surface area (Å²) in [6.45, 7) is 2.29. The van der Waals surface area contributed by atoms with Crippen molar-refractivity contribution in [1.82, 2.24) is 0 Å². The monoisotopic (exact) mass is 397 g/mol. The third-order valence-corrected chi connectivity index (χ3v) is 4.80. The number of carboxylic acid groups (broad SMARTS) is 1. The van der Waals surface area contributed by atoms with Gasteiger partial charge in [-0.25, -0.2) is 4.79 Å². The van der Waals surface area contributed by atoms with Gasteiger partial charge in [0.1, 0.15) is 5.56 Å². The second-order valence-electron chi connectivity index (χ2n) is 6.76. The van der Waals surface area contributed by atoms with Gasteiger partial charge in [-0.3, -0.25) is 10.1 Å². The minimum absolute atomic E-state index is 0.289. The summed E-state index contributed by atoms with van der Waals surface area (Å²) in [7, 11) is 2.81. The Balaban J connectivity index is 0.000000511. The fourth-order valence-electron chi connectivity index (χ4n) is 2.80. The number of unbranched alkanes of at least 4 members (excludes halogenated alkanes) is 11. The lowest BCUT2D eigenvalue weighted by Gasteiger charge is -2.01. The van der Waals surface area contributed by atoms with Gasteiger partial charge < -0.3 is 5.11 Å². The molecule has 154 valence electrons. The van der Waals surface area contributed by atoms with Crippen molar-refractivity contribution in [3.05, 3.63) is 39.9 Å². The number of nitrogens with zero attached hydrogens (tertiary/aromatic N) is 1. The number of nitro benzene ring substituents is 1. The van der Waals surface area contributed by atoms with Crippen molar-refractivity contribution in [2.24, 2.45) is 0 Å². The molecule has 0 aliphatic heterocycles. The lowest BCUT2D eigenvalue weighted by Crippen LogP contribution is -2.01. The van der Waals surface area contributed by atoms with Gasteiger partial charge in [0, 0.05) is 6.07 Å². The Morgan fingerprint density at radius 3 is 1.74 bits per heavy atom. The number of aromatic carboxylic acids is 1. The lowest BCUT2D eigenvalue weighted by atomic mass is 10.1. The van der Waals surface area contributed by atoms with Crippen LogP contribution in [0.1, 0.15) is 94.3 Å². The molecule has 0 amide bonds. The SMILES string of the molecule is CCCCCCCCCCCCCCP.O=C(O)c1ccccc1[N+](=O)[O-]. The van der Waals surface area contributed by atoms with E-state index in [2.05, 4.69) is 16.2 Å². The van der Waals surface area contributed by atoms with Crippen LogP contribution in [0.25, 0.3) is 0 Å². The van der Waals surface area contributed by atoms with Crippen LogP contribution in [-0.4, -0.2) is 22.2 Å². The van der Waals surface area contributed by atoms with Crippen LogP contribution in [0.2, 0.25) is 0 Å². The average Bonchev–Trinajstić information content (AvgIpc) is 2.66. The normalized spacial score (nSPS) is 10.1. The first kappa shape index (κ1) is 25.5. The third kappa shape index (κ3) is 14.3. The minimum atomic E-state index is -1.29. The van der Waals surface area contributed by atoms with Gasteiger partial charge in [0.15, 0.2) is 0 Å². The van der Waals surface area contributed by atoms with Crippen LogP contribution < -0.4 is 0 Å². The van der Waals surface area contributed by atoms with E-state index in [-0.39, 0.29) is 11.3 Å². The van der Waals surface area contributed by atoms with E-state index in [4.69, 9.17) is 5.11 Å². The maximum Gasteiger partial charge on any atom is 0.342 e. The van der Waals surface area contributed by atoms with Crippen molar-refractivity contribution in [2.45, 2.75) is 84.0 Å². The van der Waals surface area contributed by atoms with Gasteiger partial charge in [-0.05, 0) is 18.6 Å². The van der Waals surface area contributed by atoms with Crippen molar-refractivity contribution < 1.29 is 14.8 Å². The number of nitro groups is 1. The largest absolute Gasteiger partial charge is 0.477 e. The van der Waals surface area contributed by atoms with Gasteiger partial charge in [-0.2, -0.15) is 0 Å². The Bertz CT molecular complexity index is 478. The summed E-state index contributed by atoms with van der Waals surface area (Å²) in [5.74, 6) is -1.29. The number of hydrogen-bond acceptors (Lipinski definition) is 3. The van der Waals surface area contributed by atoms with E-state index in [0.29, 0.717) is 0 Å². The van der Waals surface area contributed by atoms with Gasteiger partial charge in [-0.1, -0.05) is 89.7 Å². The number of para-hydroxylation sites is 1. The molecule has 1 aromatic rings. The summed E-state index contributed by atoms with van der Waals surface area (Å²) < 4.78 is 0. The van der Waals surface area contributed by atoms with Crippen LogP contribution >= 0.6 is 9.24 Å². The van der Waals surface area contributed by atoms with E-state index in [1.54, 1.807) is 0 Å². The van der Waals surface area contributed by atoms with E-state index in [0.717, 1.165) is 6.07 Å². The molecule has 6 heteroatoms. The van der Waals surface area contributed by atoms with Crippen molar-refractivity contribution in [3.63, 3.8) is 0 Å². The first-order valence-corrected chi connectivity index (χ1v) is 11.0. The van der Waals surface area contributed by atoms with E-state index >= 15 is 0 Å². The summed E-state index contributed by atoms with van der Waals surface area (Å²) in [5, 5.41) is 18.8. The fraction of sp³-hybridized carbons (Fsp3) is 0.667. The maximum absolute atomic E-state index is 10.4. The zero-order chi connectivity index (χ0) is 20.3. The Morgan fingerprint density at radius 1 is 0.926 bits per heavy atom. The van der Waals surface area contributed by atoms with E-state index in [9.17, 15) is 14.9 Å². The highest BCUT2D eigenvalue weighted by Crippen LogP contribution is 2.16. The predicted octanol–water partition coefficient (Wildman–Crippen LogP) is 6.86. The summed E-state index contributed by atoms with van der Waals surface area (Å²) in [5.41, 5.74) is -0.674. The summed E-state index contributed by atoms with van der Waals surface area (Å²) in [4.78, 5) is 20.0. The second-order valence-corrected chi connectivity index (χ2v) is 7.33. The quantitative estimate of drug-likeness (QED) is 0.161. The van der Waals surface area contributed by atoms with Gasteiger partial charge in [0.2, 0.25) is 0 Å². The molecule has 1 N–H and O–H groups in total. The second kappa shape index (κ2) is 17.9. The molecule has 1 aromatic carbocycles. The first-order valence-electron chi connectivity index (χ1n) is 10.2. The van der Waals surface area contributed by atoms with Gasteiger partial charge in [0.25, 0.3) is 5.69 Å². The molecule has 0 aliphatic carbocycles. The summed E-state index contributed by atoms with van der Waals surface area (Å²) >= 11 is 0. The van der Waals surface area contributed by atoms with Crippen LogP contribution in [0.3, 0.4) is 0 Å². The topological polar surface area (TPSA) is 80.4 Å². The van der Waals surface area contributed by atoms with Crippen LogP contribution in [0, 0.1) is 10.1 Å². The van der Waals surface area contributed by atoms with E-state index in [1.165, 1.54) is 101 Å². The smallest absolute Gasteiger partial charge is 0.342 e. The molecule has 0 aromatic heterocycles. The Morgan fingerprint density at radius 2 is 1.37 bits per heavy atom. The molecule has 0 saturated carbocycles. The highest BCUT2D eigenvalue weighted by molar-refractivity contribution is 7.16. The number of benzene rings is 1. The lowest BCUT2D eigenvalue weighted by molar-refractivity contribution is -0.385. The molecular weight excluding hydrogens is 361 g/mol. The molecule has 1 atom stereocenters. The average molecular weight is 397 g/mol. The Kier molecular flexibility index (Phi) is 16.9. The summed E-state index contributed by atoms with van der Waals surface area (Å²) in [6.07, 6.45) is 18.7. The Labute approximate surface area is 166 Å². The highest BCUT2D eigenvalue weighted by Gasteiger charge is 2.17. The molecule has 5 nitrogen and oxygen atoms in total. The standard InChI is InChI=1S/C14H31P.C7H5NO4/c1-2-3-4-5-6-7-8-9-10-11-12-13-14-15;9-7(10)5-3-1-2-4-6(5)8(11)12/h2-15H2,1H3;1-4H,(H,9,10). The number of rotatable bonds is 14. The molecule has 1 rings (SSSR count). The molecular formula is C21H36NO4P. The third-order valence-electron chi connectivity index (χ3n) is 4.39. The minimum Gasteiger partial charge on any atom is -0.477 e. The summed E-state index contributed by atoms with van der Waals surface area (Å²) in [6, 6.07) is 5.21. The Hall–Kier alpha value is -1.48. The van der Waals surface area contributed by atoms with Crippen LogP contribution in [0.5, 0.6) is 0 Å². The molecule has 0 heterocycles. The van der Waals surface area contributed by atoms with Crippen LogP contribution in [-0.2, 0) is 0 Å². The number of hydrogen-bond donors (Lipinski definition) is 1. The van der Waals surface area contributed by atoms with Crippen LogP contribution in [0.4, 0.5) is 5.69 Å². The van der Waals surface area contributed by atoms with Gasteiger partial charge in [-0.15, -0.1) is 9.24 Å². The van der Waals surface area contributed by atoms with Crippen molar-refractivity contribution in [1.29, 1.82) is 0 Å². The zero-order valence-electron chi connectivity index (χ0n) is 16.7. The van der Waals surface area contributed by atoms with Gasteiger partial charge >= 0.3 is 5.97 Å². The van der Waals surface area contributed by atoms with Crippen molar-refractivity contribution in [3.8, 4) is 0 Å². The molecule has 0 bridgehead atoms. The van der Waals surface area contributed by atoms with Crippen LogP contribution in [0.15, 0.2) is 24.3 Å². The number of carbonyl (C=O) groups is 1. The molecule has 0 spiro atoms. The van der Waals surface area contributed by atoms with E-state index in [1.807, 2.05) is 0 Å². The first-order chi connectivity index (χ1) is 13.0. The van der Waals surface area contributed by atoms with Gasteiger partial charge in [0.05, 0.1) is 4.92 Å². The molecule has 27 heavy (non-hydrogen) atoms. The maximum atomic E-state index is 10.4. The molecule has 0 radical (unpaired) electrons. The number of carboxylic acids is 1. The molecule has 0 aliphatic rings. The van der Waals surface area contributed by atoms with E-state index < -0.39 is 10.9 Å². The fourth-order valence-corrected chi connectivity index (χ4v) is 3.09. The highest BCUT2D eigenvalue weighted by atomic mass is 31.0.